The van der Waals surface area contributed by atoms with Crippen LogP contribution in [0.5, 0.6) is 5.75 Å². The molecule has 1 aliphatic heterocycles. The van der Waals surface area contributed by atoms with E-state index in [4.69, 9.17) is 4.74 Å². The Kier molecular flexibility index (Phi) is 4.84. The van der Waals surface area contributed by atoms with E-state index in [0.29, 0.717) is 11.1 Å². The van der Waals surface area contributed by atoms with Gasteiger partial charge in [0.2, 0.25) is 0 Å². The van der Waals surface area contributed by atoms with Crippen molar-refractivity contribution < 1.29 is 35.1 Å². The van der Waals surface area contributed by atoms with Crippen LogP contribution < -0.4 is 0 Å². The summed E-state index contributed by atoms with van der Waals surface area (Å²) in [7, 11) is 0. The molecule has 5 N–H and O–H groups in total. The Morgan fingerprint density at radius 1 is 1.18 bits per heavy atom. The first-order valence-corrected chi connectivity index (χ1v) is 6.92. The van der Waals surface area contributed by atoms with Crippen molar-refractivity contribution in [2.24, 2.45) is 0 Å². The highest BCUT2D eigenvalue weighted by molar-refractivity contribution is 5.97. The minimum absolute atomic E-state index is 0.0672. The van der Waals surface area contributed by atoms with Gasteiger partial charge >= 0.3 is 0 Å². The van der Waals surface area contributed by atoms with E-state index in [-0.39, 0.29) is 17.1 Å². The minimum atomic E-state index is -1.50. The van der Waals surface area contributed by atoms with Gasteiger partial charge in [-0.2, -0.15) is 0 Å². The SMILES string of the molecule is CC(=O)c1cc(C2OC(CO)C(O)C(O)C2O)c(C)cc1O. The van der Waals surface area contributed by atoms with Crippen LogP contribution in [-0.4, -0.2) is 62.3 Å². The van der Waals surface area contributed by atoms with Crippen molar-refractivity contribution in [3.05, 3.63) is 28.8 Å². The molecule has 7 nitrogen and oxygen atoms in total. The quantitative estimate of drug-likeness (QED) is 0.472. The number of rotatable bonds is 3. The molecule has 122 valence electrons. The minimum Gasteiger partial charge on any atom is -0.507 e. The molecule has 0 saturated carbocycles. The van der Waals surface area contributed by atoms with E-state index >= 15 is 0 Å². The number of hydrogen-bond donors (Lipinski definition) is 5. The van der Waals surface area contributed by atoms with Gasteiger partial charge in [-0.1, -0.05) is 0 Å². The molecule has 5 atom stereocenters. The van der Waals surface area contributed by atoms with Crippen molar-refractivity contribution in [2.45, 2.75) is 44.4 Å². The van der Waals surface area contributed by atoms with Crippen molar-refractivity contribution >= 4 is 5.78 Å². The number of phenols is 1. The molecule has 1 aliphatic rings. The summed E-state index contributed by atoms with van der Waals surface area (Å²) >= 11 is 0. The van der Waals surface area contributed by atoms with Gasteiger partial charge in [-0.05, 0) is 37.1 Å². The summed E-state index contributed by atoms with van der Waals surface area (Å²) in [4.78, 5) is 11.5. The standard InChI is InChI=1S/C15H20O7/c1-6-3-10(18)9(7(2)17)4-8(6)15-14(21)13(20)12(19)11(5-16)22-15/h3-4,11-16,18-21H,5H2,1-2H3. The predicted octanol–water partition coefficient (Wildman–Crippen LogP) is -0.582. The van der Waals surface area contributed by atoms with E-state index in [1.807, 2.05) is 0 Å². The first-order valence-electron chi connectivity index (χ1n) is 6.92. The maximum Gasteiger partial charge on any atom is 0.163 e. The number of carbonyl (C=O) groups excluding carboxylic acids is 1. The lowest BCUT2D eigenvalue weighted by Crippen LogP contribution is -2.55. The van der Waals surface area contributed by atoms with E-state index in [0.717, 1.165) is 0 Å². The average Bonchev–Trinajstić information content (AvgIpc) is 2.46. The van der Waals surface area contributed by atoms with E-state index in [9.17, 15) is 30.3 Å². The summed E-state index contributed by atoms with van der Waals surface area (Å²) in [5, 5.41) is 48.8. The lowest BCUT2D eigenvalue weighted by Gasteiger charge is -2.40. The summed E-state index contributed by atoms with van der Waals surface area (Å²) in [6, 6.07) is 2.76. The number of aryl methyl sites for hydroxylation is 1. The van der Waals surface area contributed by atoms with Gasteiger partial charge in [0.25, 0.3) is 0 Å². The first-order chi connectivity index (χ1) is 10.3. The largest absolute Gasteiger partial charge is 0.507 e. The van der Waals surface area contributed by atoms with Crippen LogP contribution in [0.15, 0.2) is 12.1 Å². The second-order valence-electron chi connectivity index (χ2n) is 5.53. The summed E-state index contributed by atoms with van der Waals surface area (Å²) < 4.78 is 5.47. The average molecular weight is 312 g/mol. The Hall–Kier alpha value is -1.51. The van der Waals surface area contributed by atoms with Crippen LogP contribution in [0.1, 0.15) is 34.5 Å². The summed E-state index contributed by atoms with van der Waals surface area (Å²) in [6.45, 7) is 2.42. The van der Waals surface area contributed by atoms with E-state index in [1.165, 1.54) is 19.1 Å². The molecule has 1 fully saturated rings. The molecule has 0 aromatic heterocycles. The fraction of sp³-hybridized carbons (Fsp3) is 0.533. The number of phenolic OH excluding ortho intramolecular Hbond substituents is 1. The zero-order valence-electron chi connectivity index (χ0n) is 12.3. The van der Waals surface area contributed by atoms with Gasteiger partial charge < -0.3 is 30.3 Å². The molecule has 0 aliphatic carbocycles. The third-order valence-electron chi connectivity index (χ3n) is 3.96. The molecule has 1 aromatic rings. The smallest absolute Gasteiger partial charge is 0.163 e. The molecule has 1 aromatic carbocycles. The van der Waals surface area contributed by atoms with Crippen LogP contribution in [0.4, 0.5) is 0 Å². The van der Waals surface area contributed by atoms with Crippen LogP contribution in [0.25, 0.3) is 0 Å². The number of hydrogen-bond acceptors (Lipinski definition) is 7. The van der Waals surface area contributed by atoms with Crippen LogP contribution in [-0.2, 0) is 4.74 Å². The molecule has 1 heterocycles. The predicted molar refractivity (Wildman–Crippen MR) is 75.6 cm³/mol. The Labute approximate surface area is 127 Å². The van der Waals surface area contributed by atoms with Gasteiger partial charge in [-0.25, -0.2) is 0 Å². The molecule has 7 heteroatoms. The Bertz CT molecular complexity index is 569. The number of Topliss-reactive ketones (excluding diaryl/α,β-unsaturated/α-hetero) is 1. The zero-order valence-corrected chi connectivity index (χ0v) is 12.3. The summed E-state index contributed by atoms with van der Waals surface area (Å²) in [6.07, 6.45) is -6.43. The Morgan fingerprint density at radius 3 is 2.36 bits per heavy atom. The molecule has 0 bridgehead atoms. The van der Waals surface area contributed by atoms with Gasteiger partial charge in [0.15, 0.2) is 5.78 Å². The number of aliphatic hydroxyl groups excluding tert-OH is 4. The molecule has 0 radical (unpaired) electrons. The fourth-order valence-electron chi connectivity index (χ4n) is 2.66. The summed E-state index contributed by atoms with van der Waals surface area (Å²) in [5.74, 6) is -0.540. The second-order valence-corrected chi connectivity index (χ2v) is 5.53. The van der Waals surface area contributed by atoms with E-state index < -0.39 is 37.1 Å². The lowest BCUT2D eigenvalue weighted by molar-refractivity contribution is -0.231. The van der Waals surface area contributed by atoms with Crippen molar-refractivity contribution in [1.82, 2.24) is 0 Å². The van der Waals surface area contributed by atoms with Crippen LogP contribution >= 0.6 is 0 Å². The van der Waals surface area contributed by atoms with Gasteiger partial charge in [0, 0.05) is 0 Å². The number of aliphatic hydroxyl groups is 4. The van der Waals surface area contributed by atoms with Crippen LogP contribution in [0.2, 0.25) is 0 Å². The van der Waals surface area contributed by atoms with Gasteiger partial charge in [-0.15, -0.1) is 0 Å². The molecular formula is C15H20O7. The second kappa shape index (κ2) is 6.31. The maximum absolute atomic E-state index is 11.5. The van der Waals surface area contributed by atoms with Gasteiger partial charge in [0.05, 0.1) is 12.2 Å². The Balaban J connectivity index is 2.46. The monoisotopic (exact) mass is 312 g/mol. The van der Waals surface area contributed by atoms with Crippen LogP contribution in [0.3, 0.4) is 0 Å². The third-order valence-corrected chi connectivity index (χ3v) is 3.96. The molecule has 22 heavy (non-hydrogen) atoms. The molecule has 0 spiro atoms. The van der Waals surface area contributed by atoms with Crippen LogP contribution in [0, 0.1) is 6.92 Å². The van der Waals surface area contributed by atoms with Crippen molar-refractivity contribution in [3.8, 4) is 5.75 Å². The number of carbonyl (C=O) groups is 1. The summed E-state index contributed by atoms with van der Waals surface area (Å²) in [5.41, 5.74) is 1.02. The van der Waals surface area contributed by atoms with Crippen molar-refractivity contribution in [1.29, 1.82) is 0 Å². The molecule has 2 rings (SSSR count). The molecular weight excluding hydrogens is 292 g/mol. The first kappa shape index (κ1) is 16.9. The highest BCUT2D eigenvalue weighted by Gasteiger charge is 2.44. The normalized spacial score (nSPS) is 32.0. The number of aromatic hydroxyl groups is 1. The zero-order chi connectivity index (χ0) is 16.6. The molecule has 1 saturated heterocycles. The number of benzene rings is 1. The topological polar surface area (TPSA) is 127 Å². The fourth-order valence-corrected chi connectivity index (χ4v) is 2.66. The van der Waals surface area contributed by atoms with Gasteiger partial charge in [0.1, 0.15) is 36.3 Å². The highest BCUT2D eigenvalue weighted by Crippen LogP contribution is 2.36. The van der Waals surface area contributed by atoms with E-state index in [2.05, 4.69) is 0 Å². The number of ether oxygens (including phenoxy) is 1. The molecule has 0 amide bonds. The van der Waals surface area contributed by atoms with Crippen molar-refractivity contribution in [3.63, 3.8) is 0 Å². The van der Waals surface area contributed by atoms with Gasteiger partial charge in [-0.3, -0.25) is 4.79 Å². The van der Waals surface area contributed by atoms with E-state index in [1.54, 1.807) is 6.92 Å². The third kappa shape index (κ3) is 2.86. The molecule has 5 unspecified atom stereocenters. The number of ketones is 1. The van der Waals surface area contributed by atoms with Crippen molar-refractivity contribution in [2.75, 3.05) is 6.61 Å². The lowest BCUT2D eigenvalue weighted by atomic mass is 9.88. The Morgan fingerprint density at radius 2 is 1.82 bits per heavy atom. The highest BCUT2D eigenvalue weighted by atomic mass is 16.5. The maximum atomic E-state index is 11.5.